The molecule has 0 aliphatic carbocycles. The second kappa shape index (κ2) is 7.24. The van der Waals surface area contributed by atoms with Gasteiger partial charge in [0, 0.05) is 34.8 Å². The number of fused-ring (bicyclic) bond motifs is 1. The molecular weight excluding hydrogens is 390 g/mol. The van der Waals surface area contributed by atoms with E-state index in [2.05, 4.69) is 5.32 Å². The lowest BCUT2D eigenvalue weighted by molar-refractivity contribution is -0.121. The van der Waals surface area contributed by atoms with Gasteiger partial charge in [0.2, 0.25) is 5.91 Å². The molecule has 28 heavy (non-hydrogen) atoms. The first kappa shape index (κ1) is 19.8. The smallest absolute Gasteiger partial charge is 0.262 e. The number of halogens is 3. The van der Waals surface area contributed by atoms with Crippen molar-refractivity contribution < 1.29 is 23.5 Å². The Hall–Kier alpha value is -2.93. The minimum absolute atomic E-state index is 0.0731. The number of aromatic nitrogens is 1. The highest BCUT2D eigenvalue weighted by Gasteiger charge is 2.30. The van der Waals surface area contributed by atoms with Crippen molar-refractivity contribution in [3.63, 3.8) is 0 Å². The average Bonchev–Trinajstić information content (AvgIpc) is 2.96. The summed E-state index contributed by atoms with van der Waals surface area (Å²) in [5, 5.41) is 12.5. The van der Waals surface area contributed by atoms with Gasteiger partial charge in [0.05, 0.1) is 11.4 Å². The maximum atomic E-state index is 14.8. The van der Waals surface area contributed by atoms with Gasteiger partial charge in [-0.25, -0.2) is 8.78 Å². The van der Waals surface area contributed by atoms with Crippen LogP contribution >= 0.6 is 11.6 Å². The van der Waals surface area contributed by atoms with E-state index in [4.69, 9.17) is 11.6 Å². The van der Waals surface area contributed by atoms with E-state index >= 15 is 0 Å². The maximum absolute atomic E-state index is 14.8. The Morgan fingerprint density at radius 2 is 1.82 bits per heavy atom. The van der Waals surface area contributed by atoms with Crippen molar-refractivity contribution in [1.82, 2.24) is 9.88 Å². The summed E-state index contributed by atoms with van der Waals surface area (Å²) in [6, 6.07) is 6.91. The van der Waals surface area contributed by atoms with Crippen LogP contribution in [0.3, 0.4) is 0 Å². The van der Waals surface area contributed by atoms with E-state index < -0.39 is 35.1 Å². The molecule has 1 aromatic heterocycles. The zero-order valence-corrected chi connectivity index (χ0v) is 16.1. The summed E-state index contributed by atoms with van der Waals surface area (Å²) in [5.41, 5.74) is 0.646. The van der Waals surface area contributed by atoms with Gasteiger partial charge in [-0.2, -0.15) is 0 Å². The molecule has 1 atom stereocenters. The third-order valence-electron chi connectivity index (χ3n) is 4.78. The average molecular weight is 407 g/mol. The second-order valence-electron chi connectivity index (χ2n) is 6.40. The summed E-state index contributed by atoms with van der Waals surface area (Å²) in [6.45, 7) is 3.08. The molecule has 0 aliphatic rings. The summed E-state index contributed by atoms with van der Waals surface area (Å²) in [5.74, 6) is -5.37. The number of hydrogen-bond acceptors (Lipinski definition) is 3. The van der Waals surface area contributed by atoms with E-state index in [0.717, 1.165) is 10.6 Å². The van der Waals surface area contributed by atoms with Crippen molar-refractivity contribution in [2.24, 2.45) is 0 Å². The second-order valence-corrected chi connectivity index (χ2v) is 6.83. The molecule has 0 bridgehead atoms. The van der Waals surface area contributed by atoms with Crippen LogP contribution in [0.4, 0.5) is 8.78 Å². The van der Waals surface area contributed by atoms with Crippen molar-refractivity contribution in [2.45, 2.75) is 19.8 Å². The van der Waals surface area contributed by atoms with E-state index in [1.54, 1.807) is 0 Å². The number of hydrogen-bond donors (Lipinski definition) is 2. The number of aromatic hydroxyl groups is 1. The number of carbonyl (C=O) groups excluding carboxylic acids is 2. The van der Waals surface area contributed by atoms with Gasteiger partial charge in [-0.1, -0.05) is 11.6 Å². The van der Waals surface area contributed by atoms with Crippen molar-refractivity contribution in [3.8, 4) is 5.75 Å². The topological polar surface area (TPSA) is 71.3 Å². The normalized spacial score (nSPS) is 12.2. The van der Waals surface area contributed by atoms with Crippen molar-refractivity contribution in [2.75, 3.05) is 7.05 Å². The monoisotopic (exact) mass is 406 g/mol. The van der Waals surface area contributed by atoms with Crippen LogP contribution in [0.5, 0.6) is 5.75 Å². The number of rotatable bonds is 3. The first-order chi connectivity index (χ1) is 13.2. The molecule has 1 amide bonds. The van der Waals surface area contributed by atoms with Gasteiger partial charge < -0.3 is 10.4 Å². The number of nitrogens with one attached hydrogen (secondary N) is 1. The fourth-order valence-corrected chi connectivity index (χ4v) is 3.50. The van der Waals surface area contributed by atoms with Crippen LogP contribution in [0.1, 0.15) is 34.5 Å². The molecule has 1 unspecified atom stereocenters. The lowest BCUT2D eigenvalue weighted by Crippen LogP contribution is -2.24. The molecule has 5 nitrogen and oxygen atoms in total. The zero-order valence-electron chi connectivity index (χ0n) is 15.3. The van der Waals surface area contributed by atoms with Gasteiger partial charge in [-0.3, -0.25) is 14.2 Å². The highest BCUT2D eigenvalue weighted by molar-refractivity contribution is 6.30. The Morgan fingerprint density at radius 3 is 2.39 bits per heavy atom. The summed E-state index contributed by atoms with van der Waals surface area (Å²) in [4.78, 5) is 25.3. The molecule has 2 N–H and O–H groups in total. The molecule has 0 aliphatic heterocycles. The summed E-state index contributed by atoms with van der Waals surface area (Å²) in [7, 11) is 1.43. The molecule has 0 radical (unpaired) electrons. The molecule has 2 aromatic carbocycles. The summed E-state index contributed by atoms with van der Waals surface area (Å²) in [6.07, 6.45) is 0. The number of phenolic OH excluding ortho intramolecular Hbond substituents is 1. The SMILES string of the molecule is CNC(=O)C(C)c1c(C)n(C(=O)c2ccc(Cl)cc2)c2cc(F)c(O)c(F)c12. The molecule has 0 spiro atoms. The highest BCUT2D eigenvalue weighted by atomic mass is 35.5. The number of benzene rings is 2. The van der Waals surface area contributed by atoms with Crippen molar-refractivity contribution in [1.29, 1.82) is 0 Å². The fraction of sp³-hybridized carbons (Fsp3) is 0.200. The van der Waals surface area contributed by atoms with Crippen LogP contribution < -0.4 is 5.32 Å². The van der Waals surface area contributed by atoms with Crippen LogP contribution in [0.25, 0.3) is 10.9 Å². The van der Waals surface area contributed by atoms with Gasteiger partial charge >= 0.3 is 0 Å². The molecular formula is C20H17ClF2N2O3. The zero-order chi connectivity index (χ0) is 20.7. The Balaban J connectivity index is 2.37. The number of carbonyl (C=O) groups is 2. The first-order valence-corrected chi connectivity index (χ1v) is 8.80. The number of likely N-dealkylation sites (N-methyl/N-ethyl adjacent to an activating group) is 1. The highest BCUT2D eigenvalue weighted by Crippen LogP contribution is 2.38. The van der Waals surface area contributed by atoms with E-state index in [-0.39, 0.29) is 27.7 Å². The predicted molar refractivity (Wildman–Crippen MR) is 102 cm³/mol. The first-order valence-electron chi connectivity index (χ1n) is 8.42. The van der Waals surface area contributed by atoms with Crippen LogP contribution in [0, 0.1) is 18.6 Å². The van der Waals surface area contributed by atoms with Gasteiger partial charge in [0.15, 0.2) is 17.4 Å². The molecule has 3 rings (SSSR count). The summed E-state index contributed by atoms with van der Waals surface area (Å²) < 4.78 is 30.0. The number of amides is 1. The lowest BCUT2D eigenvalue weighted by atomic mass is 9.96. The van der Waals surface area contributed by atoms with E-state index in [1.807, 2.05) is 0 Å². The Labute approximate surface area is 164 Å². The van der Waals surface area contributed by atoms with Gasteiger partial charge in [0.1, 0.15) is 0 Å². The van der Waals surface area contributed by atoms with Crippen LogP contribution in [0.15, 0.2) is 30.3 Å². The minimum atomic E-state index is -1.22. The number of nitrogens with zero attached hydrogens (tertiary/aromatic N) is 1. The Kier molecular flexibility index (Phi) is 5.12. The van der Waals surface area contributed by atoms with Crippen LogP contribution in [-0.4, -0.2) is 28.5 Å². The predicted octanol–water partition coefficient (Wildman–Crippen LogP) is 4.12. The van der Waals surface area contributed by atoms with Gasteiger partial charge in [-0.05, 0) is 43.7 Å². The molecule has 0 saturated heterocycles. The van der Waals surface area contributed by atoms with Crippen molar-refractivity contribution in [3.05, 3.63) is 63.8 Å². The molecule has 0 fully saturated rings. The molecule has 1 heterocycles. The fourth-order valence-electron chi connectivity index (χ4n) is 3.37. The molecule has 0 saturated carbocycles. The molecule has 146 valence electrons. The van der Waals surface area contributed by atoms with Gasteiger partial charge in [-0.15, -0.1) is 0 Å². The maximum Gasteiger partial charge on any atom is 0.262 e. The van der Waals surface area contributed by atoms with E-state index in [9.17, 15) is 23.5 Å². The number of phenols is 1. The van der Waals surface area contributed by atoms with E-state index in [1.165, 1.54) is 45.2 Å². The van der Waals surface area contributed by atoms with Gasteiger partial charge in [0.25, 0.3) is 5.91 Å². The summed E-state index contributed by atoms with van der Waals surface area (Å²) >= 11 is 5.85. The lowest BCUT2D eigenvalue weighted by Gasteiger charge is -2.12. The Morgan fingerprint density at radius 1 is 1.21 bits per heavy atom. The standard InChI is InChI=1S/C20H17ClF2N2O3/c1-9(19(27)24-3)15-10(2)25(20(28)11-4-6-12(21)7-5-11)14-8-13(22)18(26)17(23)16(14)15/h4-9,26H,1-3H3,(H,24,27). The third-order valence-corrected chi connectivity index (χ3v) is 5.03. The minimum Gasteiger partial charge on any atom is -0.503 e. The van der Waals surface area contributed by atoms with Crippen LogP contribution in [0.2, 0.25) is 5.02 Å². The molecule has 3 aromatic rings. The third kappa shape index (κ3) is 3.01. The molecule has 8 heteroatoms. The van der Waals surface area contributed by atoms with E-state index in [0.29, 0.717) is 5.02 Å². The Bertz CT molecular complexity index is 1110. The van der Waals surface area contributed by atoms with Crippen LogP contribution in [-0.2, 0) is 4.79 Å². The largest absolute Gasteiger partial charge is 0.503 e. The van der Waals surface area contributed by atoms with Crippen molar-refractivity contribution >= 4 is 34.3 Å². The quantitative estimate of drug-likeness (QED) is 0.687.